The lowest BCUT2D eigenvalue weighted by atomic mass is 9.38. The Labute approximate surface area is 289 Å². The average Bonchev–Trinajstić information content (AvgIpc) is 3.19. The molecular formula is C38H56O11. The molecule has 0 aromatic carbocycles. The van der Waals surface area contributed by atoms with E-state index in [1.165, 1.54) is 33.8 Å². The first-order valence-electron chi connectivity index (χ1n) is 17.6. The van der Waals surface area contributed by atoms with Crippen LogP contribution in [0.2, 0.25) is 0 Å². The zero-order chi connectivity index (χ0) is 36.9. The predicted octanol–water partition coefficient (Wildman–Crippen LogP) is 3.38. The number of hydrogen-bond donors (Lipinski definition) is 4. The van der Waals surface area contributed by atoms with Crippen molar-refractivity contribution in [3.05, 3.63) is 23.8 Å². The molecule has 11 heteroatoms. The first kappa shape index (κ1) is 38.0. The van der Waals surface area contributed by atoms with Crippen molar-refractivity contribution < 1.29 is 53.8 Å². The van der Waals surface area contributed by atoms with Gasteiger partial charge in [-0.25, -0.2) is 0 Å². The molecule has 0 aromatic heterocycles. The van der Waals surface area contributed by atoms with E-state index in [2.05, 4.69) is 13.0 Å². The smallest absolute Gasteiger partial charge is 0.303 e. The van der Waals surface area contributed by atoms with Crippen LogP contribution in [0.5, 0.6) is 0 Å². The molecule has 3 saturated carbocycles. The summed E-state index contributed by atoms with van der Waals surface area (Å²) in [4.78, 5) is 53.4. The molecule has 0 radical (unpaired) electrons. The lowest BCUT2D eigenvalue weighted by molar-refractivity contribution is -0.262. The molecule has 49 heavy (non-hydrogen) atoms. The van der Waals surface area contributed by atoms with Crippen molar-refractivity contribution in [2.75, 3.05) is 0 Å². The highest BCUT2D eigenvalue weighted by Gasteiger charge is 2.75. The van der Waals surface area contributed by atoms with E-state index >= 15 is 0 Å². The molecule has 4 fully saturated rings. The molecule has 1 saturated heterocycles. The second-order valence-corrected chi connectivity index (χ2v) is 17.5. The monoisotopic (exact) mass is 688 g/mol. The third-order valence-corrected chi connectivity index (χ3v) is 13.5. The quantitative estimate of drug-likeness (QED) is 0.175. The van der Waals surface area contributed by atoms with Crippen molar-refractivity contribution in [3.63, 3.8) is 0 Å². The summed E-state index contributed by atoms with van der Waals surface area (Å²) < 4.78 is 18.1. The van der Waals surface area contributed by atoms with E-state index in [9.17, 15) is 39.6 Å². The molecule has 5 aliphatic rings. The number of hydrogen-bond acceptors (Lipinski definition) is 11. The average molecular weight is 689 g/mol. The molecule has 1 aliphatic heterocycles. The number of fused-ring (bicyclic) bond motifs is 5. The summed E-state index contributed by atoms with van der Waals surface area (Å²) >= 11 is 0. The molecule has 0 spiro atoms. The fourth-order valence-corrected chi connectivity index (χ4v) is 10.7. The largest absolute Gasteiger partial charge is 0.457 e. The molecule has 0 unspecified atom stereocenters. The van der Waals surface area contributed by atoms with Crippen LogP contribution in [0, 0.1) is 39.4 Å². The third-order valence-electron chi connectivity index (χ3n) is 13.5. The summed E-state index contributed by atoms with van der Waals surface area (Å²) in [6, 6.07) is 0. The molecule has 0 bridgehead atoms. The Morgan fingerprint density at radius 2 is 1.65 bits per heavy atom. The standard InChI is InChI=1S/C38H56O11/c1-19-23(40)16-25(48-20(2)39)32(47-19)49-26-17-35(7)27-12-11-21-22(15-24(41)31(44)34(21,5)6)37(27,9)29(43)18-36(35,8)30(26)38(10,46)28(42)13-14-33(3,4)45/h11,13-14,19,22,24-27,30-32,41,44-46H,12,15-18H2,1-10H3/b14-13+/t19-,22+,24-,25-,26+,27-,30-,31+,32-,35-,36+,37-,38-/m0/s1. The van der Waals surface area contributed by atoms with Gasteiger partial charge in [-0.05, 0) is 75.7 Å². The van der Waals surface area contributed by atoms with Crippen LogP contribution >= 0.6 is 0 Å². The molecule has 13 atom stereocenters. The number of ketones is 3. The maximum Gasteiger partial charge on any atom is 0.303 e. The molecule has 5 rings (SSSR count). The van der Waals surface area contributed by atoms with Gasteiger partial charge < -0.3 is 34.6 Å². The number of ether oxygens (including phenoxy) is 3. The number of aliphatic hydroxyl groups excluding tert-OH is 2. The van der Waals surface area contributed by atoms with Crippen LogP contribution in [0.1, 0.15) is 101 Å². The summed E-state index contributed by atoms with van der Waals surface area (Å²) in [5, 5.41) is 44.7. The van der Waals surface area contributed by atoms with Crippen LogP contribution in [0.4, 0.5) is 0 Å². The molecule has 11 nitrogen and oxygen atoms in total. The number of esters is 1. The molecule has 4 aliphatic carbocycles. The van der Waals surface area contributed by atoms with Gasteiger partial charge in [-0.2, -0.15) is 0 Å². The van der Waals surface area contributed by atoms with Gasteiger partial charge in [0.2, 0.25) is 0 Å². The van der Waals surface area contributed by atoms with E-state index < -0.39 is 87.3 Å². The predicted molar refractivity (Wildman–Crippen MR) is 178 cm³/mol. The lowest BCUT2D eigenvalue weighted by Gasteiger charge is -2.65. The van der Waals surface area contributed by atoms with Crippen molar-refractivity contribution >= 4 is 23.3 Å². The number of carbonyl (C=O) groups is 4. The first-order chi connectivity index (χ1) is 22.3. The number of allylic oxidation sites excluding steroid dienone is 1. The lowest BCUT2D eigenvalue weighted by Crippen LogP contribution is -2.65. The van der Waals surface area contributed by atoms with Crippen LogP contribution in [0.25, 0.3) is 0 Å². The highest BCUT2D eigenvalue weighted by molar-refractivity contribution is 5.97. The SMILES string of the molecule is CC(=O)O[C@H]1CC(=O)[C@H](C)O[C@H]1O[C@@H]1C[C@@]2(C)[C@@H]3CC=C4[C@@H](C[C@H](O)[C@@H](O)C4(C)C)[C@]3(C)C(=O)C[C@]2(C)[C@H]1[C@@](C)(O)C(=O)/C=C/C(C)(C)O. The van der Waals surface area contributed by atoms with Crippen LogP contribution in [0.15, 0.2) is 23.8 Å². The maximum atomic E-state index is 14.8. The van der Waals surface area contributed by atoms with Crippen molar-refractivity contribution in [1.82, 2.24) is 0 Å². The molecule has 274 valence electrons. The highest BCUT2D eigenvalue weighted by Crippen LogP contribution is 2.74. The summed E-state index contributed by atoms with van der Waals surface area (Å²) in [6.07, 6.45) is -0.431. The van der Waals surface area contributed by atoms with E-state index in [4.69, 9.17) is 14.2 Å². The van der Waals surface area contributed by atoms with E-state index in [0.29, 0.717) is 12.8 Å². The zero-order valence-electron chi connectivity index (χ0n) is 30.6. The van der Waals surface area contributed by atoms with E-state index in [0.717, 1.165) is 11.6 Å². The number of carbonyl (C=O) groups excluding carboxylic acids is 4. The molecule has 4 N–H and O–H groups in total. The summed E-state index contributed by atoms with van der Waals surface area (Å²) in [5.74, 6) is -3.16. The summed E-state index contributed by atoms with van der Waals surface area (Å²) in [7, 11) is 0. The topological polar surface area (TPSA) is 177 Å². The van der Waals surface area contributed by atoms with Crippen LogP contribution in [-0.2, 0) is 33.4 Å². The fraction of sp³-hybridized carbons (Fsp3) is 0.789. The van der Waals surface area contributed by atoms with Crippen LogP contribution < -0.4 is 0 Å². The second kappa shape index (κ2) is 12.2. The van der Waals surface area contributed by atoms with Crippen LogP contribution in [0.3, 0.4) is 0 Å². The number of aliphatic hydroxyl groups is 4. The van der Waals surface area contributed by atoms with Gasteiger partial charge in [0.15, 0.2) is 24.0 Å². The minimum atomic E-state index is -2.08. The van der Waals surface area contributed by atoms with E-state index in [-0.39, 0.29) is 42.7 Å². The molecule has 1 heterocycles. The number of Topliss-reactive ketones (excluding diaryl/α,β-unsaturated/α-hetero) is 2. The Morgan fingerprint density at radius 1 is 1.02 bits per heavy atom. The third kappa shape index (κ3) is 5.90. The molecular weight excluding hydrogens is 632 g/mol. The fourth-order valence-electron chi connectivity index (χ4n) is 10.7. The maximum absolute atomic E-state index is 14.8. The van der Waals surface area contributed by atoms with E-state index in [1.807, 2.05) is 27.7 Å². The summed E-state index contributed by atoms with van der Waals surface area (Å²) in [5.41, 5.74) is -5.82. The number of rotatable bonds is 7. The van der Waals surface area contributed by atoms with Gasteiger partial charge in [0, 0.05) is 30.1 Å². The Balaban J connectivity index is 1.63. The second-order valence-electron chi connectivity index (χ2n) is 17.5. The Hall–Kier alpha value is -2.28. The molecule has 0 aromatic rings. The van der Waals surface area contributed by atoms with Crippen molar-refractivity contribution in [2.24, 2.45) is 39.4 Å². The zero-order valence-corrected chi connectivity index (χ0v) is 30.6. The van der Waals surface area contributed by atoms with Gasteiger partial charge in [-0.1, -0.05) is 52.3 Å². The Morgan fingerprint density at radius 3 is 2.24 bits per heavy atom. The normalized spacial score (nSPS) is 44.8. The van der Waals surface area contributed by atoms with Gasteiger partial charge in [0.25, 0.3) is 0 Å². The van der Waals surface area contributed by atoms with Gasteiger partial charge in [0.1, 0.15) is 17.5 Å². The van der Waals surface area contributed by atoms with Gasteiger partial charge in [-0.15, -0.1) is 0 Å². The van der Waals surface area contributed by atoms with Crippen LogP contribution in [-0.4, -0.2) is 91.8 Å². The van der Waals surface area contributed by atoms with Crippen molar-refractivity contribution in [1.29, 1.82) is 0 Å². The first-order valence-corrected chi connectivity index (χ1v) is 17.6. The Bertz CT molecular complexity index is 1450. The Kier molecular flexibility index (Phi) is 9.42. The van der Waals surface area contributed by atoms with Crippen molar-refractivity contribution in [2.45, 2.75) is 149 Å². The van der Waals surface area contributed by atoms with Gasteiger partial charge >= 0.3 is 5.97 Å². The van der Waals surface area contributed by atoms with Gasteiger partial charge in [0.05, 0.1) is 30.3 Å². The highest BCUT2D eigenvalue weighted by atomic mass is 16.7. The van der Waals surface area contributed by atoms with Crippen molar-refractivity contribution in [3.8, 4) is 0 Å². The minimum absolute atomic E-state index is 0.0102. The molecule has 0 amide bonds. The minimum Gasteiger partial charge on any atom is -0.457 e. The van der Waals surface area contributed by atoms with Gasteiger partial charge in [-0.3, -0.25) is 19.2 Å². The van der Waals surface area contributed by atoms with E-state index in [1.54, 1.807) is 6.92 Å². The summed E-state index contributed by atoms with van der Waals surface area (Å²) in [6.45, 7) is 17.0.